The first-order valence-electron chi connectivity index (χ1n) is 3.40. The van der Waals surface area contributed by atoms with Gasteiger partial charge >= 0.3 is 0 Å². The van der Waals surface area contributed by atoms with E-state index in [0.717, 1.165) is 19.6 Å². The van der Waals surface area contributed by atoms with Crippen molar-refractivity contribution >= 4 is 0 Å². The Morgan fingerprint density at radius 1 is 1.33 bits per heavy atom. The van der Waals surface area contributed by atoms with Crippen LogP contribution in [0.1, 0.15) is 13.8 Å². The molecule has 0 aromatic heterocycles. The van der Waals surface area contributed by atoms with Gasteiger partial charge in [0.15, 0.2) is 0 Å². The molecule has 2 heteroatoms. The highest BCUT2D eigenvalue weighted by molar-refractivity contribution is 4.63. The molecule has 0 aliphatic rings. The average molecular weight is 126 g/mol. The molecule has 0 heterocycles. The third-order valence-electron chi connectivity index (χ3n) is 1.42. The van der Waals surface area contributed by atoms with Crippen molar-refractivity contribution in [2.45, 2.75) is 13.8 Å². The molecule has 0 atom stereocenters. The molecule has 0 radical (unpaired) electrons. The highest BCUT2D eigenvalue weighted by Gasteiger charge is 1.97. The van der Waals surface area contributed by atoms with Gasteiger partial charge in [0.2, 0.25) is 6.54 Å². The van der Waals surface area contributed by atoms with Gasteiger partial charge in [0.1, 0.15) is 0 Å². The Morgan fingerprint density at radius 2 is 1.89 bits per heavy atom. The molecule has 9 heavy (non-hydrogen) atoms. The molecule has 0 fully saturated rings. The predicted octanol–water partition coefficient (Wildman–Crippen LogP) is 1.25. The summed E-state index contributed by atoms with van der Waals surface area (Å²) in [7, 11) is 0. The van der Waals surface area contributed by atoms with Crippen molar-refractivity contribution in [3.63, 3.8) is 0 Å². The second kappa shape index (κ2) is 5.58. The van der Waals surface area contributed by atoms with E-state index in [4.69, 9.17) is 6.57 Å². The van der Waals surface area contributed by atoms with Crippen molar-refractivity contribution in [2.24, 2.45) is 0 Å². The fourth-order valence-electron chi connectivity index (χ4n) is 0.731. The Labute approximate surface area is 57.3 Å². The van der Waals surface area contributed by atoms with Crippen LogP contribution >= 0.6 is 0 Å². The van der Waals surface area contributed by atoms with Crippen LogP contribution in [0.5, 0.6) is 0 Å². The number of likely N-dealkylation sites (N-methyl/N-ethyl adjacent to an activating group) is 1. The van der Waals surface area contributed by atoms with Crippen molar-refractivity contribution in [1.82, 2.24) is 4.90 Å². The second-order valence-electron chi connectivity index (χ2n) is 1.91. The Balaban J connectivity index is 3.22. The summed E-state index contributed by atoms with van der Waals surface area (Å²) in [5, 5.41) is 0. The molecule has 0 aliphatic heterocycles. The summed E-state index contributed by atoms with van der Waals surface area (Å²) >= 11 is 0. The van der Waals surface area contributed by atoms with Crippen LogP contribution in [-0.4, -0.2) is 31.1 Å². The standard InChI is InChI=1S/C7H14N2/c1-4-9(5-2)7-6-8-3/h4-7H2,1-2H3. The van der Waals surface area contributed by atoms with Gasteiger partial charge in [0.25, 0.3) is 0 Å². The van der Waals surface area contributed by atoms with Gasteiger partial charge in [-0.15, -0.1) is 0 Å². The zero-order valence-corrected chi connectivity index (χ0v) is 6.22. The van der Waals surface area contributed by atoms with Gasteiger partial charge in [-0.1, -0.05) is 13.8 Å². The first-order valence-corrected chi connectivity index (χ1v) is 3.40. The SMILES string of the molecule is [C-]#[N+]CCN(CC)CC. The van der Waals surface area contributed by atoms with Crippen LogP contribution in [0.4, 0.5) is 0 Å². The lowest BCUT2D eigenvalue weighted by molar-refractivity contribution is 0.318. The predicted molar refractivity (Wildman–Crippen MR) is 39.3 cm³/mol. The van der Waals surface area contributed by atoms with Crippen molar-refractivity contribution in [3.8, 4) is 0 Å². The summed E-state index contributed by atoms with van der Waals surface area (Å²) in [6.07, 6.45) is 0. The summed E-state index contributed by atoms with van der Waals surface area (Å²) in [6, 6.07) is 0. The van der Waals surface area contributed by atoms with E-state index in [1.807, 2.05) is 0 Å². The quantitative estimate of drug-likeness (QED) is 0.514. The van der Waals surface area contributed by atoms with Gasteiger partial charge in [0.05, 0.1) is 6.54 Å². The molecule has 0 spiro atoms. The normalized spacial score (nSPS) is 9.56. The fraction of sp³-hybridized carbons (Fsp3) is 0.857. The molecule has 0 rings (SSSR count). The van der Waals surface area contributed by atoms with E-state index < -0.39 is 0 Å². The molecular weight excluding hydrogens is 112 g/mol. The number of nitrogens with zero attached hydrogens (tertiary/aromatic N) is 2. The Morgan fingerprint density at radius 3 is 2.22 bits per heavy atom. The van der Waals surface area contributed by atoms with E-state index in [0.29, 0.717) is 6.54 Å². The number of rotatable bonds is 4. The summed E-state index contributed by atoms with van der Waals surface area (Å²) in [4.78, 5) is 5.53. The summed E-state index contributed by atoms with van der Waals surface area (Å²) in [5.74, 6) is 0. The molecule has 0 saturated heterocycles. The maximum absolute atomic E-state index is 6.54. The molecular formula is C7H14N2. The minimum absolute atomic E-state index is 0.641. The average Bonchev–Trinajstić information content (AvgIpc) is 1.91. The molecule has 0 N–H and O–H groups in total. The van der Waals surface area contributed by atoms with E-state index >= 15 is 0 Å². The Hall–Kier alpha value is -0.550. The Kier molecular flexibility index (Phi) is 5.24. The van der Waals surface area contributed by atoms with Crippen molar-refractivity contribution < 1.29 is 0 Å². The maximum atomic E-state index is 6.54. The zero-order valence-electron chi connectivity index (χ0n) is 6.22. The molecule has 0 amide bonds. The highest BCUT2D eigenvalue weighted by atomic mass is 15.1. The molecule has 0 aliphatic carbocycles. The first-order chi connectivity index (χ1) is 4.35. The monoisotopic (exact) mass is 126 g/mol. The van der Waals surface area contributed by atoms with Crippen LogP contribution in [0, 0.1) is 6.57 Å². The van der Waals surface area contributed by atoms with Gasteiger partial charge in [-0.3, -0.25) is 4.90 Å². The van der Waals surface area contributed by atoms with E-state index in [1.54, 1.807) is 0 Å². The van der Waals surface area contributed by atoms with Crippen LogP contribution in [-0.2, 0) is 0 Å². The Bertz CT molecular complexity index is 89.6. The highest BCUT2D eigenvalue weighted by Crippen LogP contribution is 1.84. The smallest absolute Gasteiger partial charge is 0.227 e. The van der Waals surface area contributed by atoms with Gasteiger partial charge in [-0.2, -0.15) is 0 Å². The van der Waals surface area contributed by atoms with Gasteiger partial charge in [-0.25, -0.2) is 6.57 Å². The molecule has 0 saturated carbocycles. The third kappa shape index (κ3) is 3.99. The van der Waals surface area contributed by atoms with Crippen molar-refractivity contribution in [1.29, 1.82) is 0 Å². The van der Waals surface area contributed by atoms with Crippen molar-refractivity contribution in [2.75, 3.05) is 26.2 Å². The van der Waals surface area contributed by atoms with E-state index in [-0.39, 0.29) is 0 Å². The molecule has 0 aromatic rings. The first kappa shape index (κ1) is 8.45. The van der Waals surface area contributed by atoms with Gasteiger partial charge < -0.3 is 4.85 Å². The van der Waals surface area contributed by atoms with Crippen LogP contribution in [0.25, 0.3) is 4.85 Å². The zero-order chi connectivity index (χ0) is 7.11. The fourth-order valence-corrected chi connectivity index (χ4v) is 0.731. The van der Waals surface area contributed by atoms with E-state index in [9.17, 15) is 0 Å². The lowest BCUT2D eigenvalue weighted by Crippen LogP contribution is -2.25. The minimum Gasteiger partial charge on any atom is -0.316 e. The second-order valence-corrected chi connectivity index (χ2v) is 1.91. The number of hydrogen-bond donors (Lipinski definition) is 0. The maximum Gasteiger partial charge on any atom is 0.227 e. The molecule has 0 aromatic carbocycles. The van der Waals surface area contributed by atoms with Crippen LogP contribution in [0.3, 0.4) is 0 Å². The third-order valence-corrected chi connectivity index (χ3v) is 1.42. The van der Waals surface area contributed by atoms with Crippen LogP contribution < -0.4 is 0 Å². The minimum atomic E-state index is 0.641. The molecule has 0 unspecified atom stereocenters. The van der Waals surface area contributed by atoms with Crippen molar-refractivity contribution in [3.05, 3.63) is 11.4 Å². The van der Waals surface area contributed by atoms with E-state index in [2.05, 4.69) is 23.6 Å². The summed E-state index contributed by atoms with van der Waals surface area (Å²) in [5.41, 5.74) is 0. The topological polar surface area (TPSA) is 7.60 Å². The van der Waals surface area contributed by atoms with E-state index in [1.165, 1.54) is 0 Å². The summed E-state index contributed by atoms with van der Waals surface area (Å²) < 4.78 is 0. The number of hydrogen-bond acceptors (Lipinski definition) is 1. The largest absolute Gasteiger partial charge is 0.316 e. The lowest BCUT2D eigenvalue weighted by atomic mass is 10.5. The molecule has 0 bridgehead atoms. The molecule has 52 valence electrons. The van der Waals surface area contributed by atoms with Crippen LogP contribution in [0.15, 0.2) is 0 Å². The van der Waals surface area contributed by atoms with Crippen LogP contribution in [0.2, 0.25) is 0 Å². The van der Waals surface area contributed by atoms with Gasteiger partial charge in [-0.05, 0) is 13.1 Å². The lowest BCUT2D eigenvalue weighted by Gasteiger charge is -2.13. The molecule has 2 nitrogen and oxygen atoms in total. The van der Waals surface area contributed by atoms with Gasteiger partial charge in [0, 0.05) is 0 Å². The summed E-state index contributed by atoms with van der Waals surface area (Å²) in [6.45, 7) is 14.5.